The van der Waals surface area contributed by atoms with E-state index in [0.717, 1.165) is 28.8 Å². The standard InChI is InChI=1S/C17H17ClF2N6O3.C10H14N4O/c1-8-7-26-14(23-8)13(9(2)28-3)12(6-22-26)25-17(27)24-10-4-11(18)15(21-5-10)29-16(19)20;1-6-5-14-10(13-6)9(7(2)15-3)8(11)4-12-14/h4-7,9,16H,1-3H3,(H2,24,25,27);4-5,7H,11H2,1-3H3/t9-;7-/m00/s1. The number of alkyl halides is 2. The van der Waals surface area contributed by atoms with E-state index in [0.29, 0.717) is 22.6 Å². The second-order valence-corrected chi connectivity index (χ2v) is 9.92. The van der Waals surface area contributed by atoms with Gasteiger partial charge in [-0.15, -0.1) is 0 Å². The molecule has 0 radical (unpaired) electrons. The van der Waals surface area contributed by atoms with Crippen molar-refractivity contribution in [2.45, 2.75) is 46.5 Å². The van der Waals surface area contributed by atoms with Gasteiger partial charge in [-0.25, -0.2) is 28.8 Å². The highest BCUT2D eigenvalue weighted by atomic mass is 35.5. The maximum atomic E-state index is 12.4. The number of nitrogens with two attached hydrogens (primary N) is 1. The number of fused-ring (bicyclic) bond motifs is 2. The van der Waals surface area contributed by atoms with Crippen LogP contribution in [0.4, 0.5) is 30.6 Å². The molecule has 17 heteroatoms. The quantitative estimate of drug-likeness (QED) is 0.202. The number of hydrogen-bond acceptors (Lipinski definition) is 10. The van der Waals surface area contributed by atoms with E-state index in [1.807, 2.05) is 33.9 Å². The first-order valence-electron chi connectivity index (χ1n) is 13.1. The zero-order valence-corrected chi connectivity index (χ0v) is 25.4. The van der Waals surface area contributed by atoms with Crippen LogP contribution in [0.3, 0.4) is 0 Å². The van der Waals surface area contributed by atoms with E-state index in [1.54, 1.807) is 28.5 Å². The molecule has 234 valence electrons. The number of aryl methyl sites for hydroxylation is 2. The Labute approximate surface area is 255 Å². The molecule has 0 unspecified atom stereocenters. The molecule has 0 aliphatic heterocycles. The van der Waals surface area contributed by atoms with Crippen molar-refractivity contribution in [3.05, 3.63) is 64.6 Å². The second kappa shape index (κ2) is 13.7. The maximum absolute atomic E-state index is 12.4. The first-order chi connectivity index (χ1) is 20.9. The van der Waals surface area contributed by atoms with Gasteiger partial charge in [0.15, 0.2) is 11.3 Å². The predicted molar refractivity (Wildman–Crippen MR) is 159 cm³/mol. The van der Waals surface area contributed by atoms with Crippen molar-refractivity contribution in [2.75, 3.05) is 30.6 Å². The molecule has 2 amide bonds. The van der Waals surface area contributed by atoms with Crippen molar-refractivity contribution < 1.29 is 27.8 Å². The molecular formula is C27H31ClF2N10O4. The number of amides is 2. The maximum Gasteiger partial charge on any atom is 0.388 e. The van der Waals surface area contributed by atoms with Gasteiger partial charge in [0.1, 0.15) is 5.02 Å². The van der Waals surface area contributed by atoms with Crippen LogP contribution in [0.15, 0.2) is 37.1 Å². The van der Waals surface area contributed by atoms with E-state index in [9.17, 15) is 13.6 Å². The second-order valence-electron chi connectivity index (χ2n) is 9.51. The van der Waals surface area contributed by atoms with Crippen molar-refractivity contribution in [3.8, 4) is 5.88 Å². The van der Waals surface area contributed by atoms with Gasteiger partial charge in [-0.3, -0.25) is 0 Å². The number of methoxy groups -OCH3 is 2. The van der Waals surface area contributed by atoms with E-state index < -0.39 is 18.5 Å². The van der Waals surface area contributed by atoms with Crippen LogP contribution in [0.5, 0.6) is 5.88 Å². The normalized spacial score (nSPS) is 12.6. The number of urea groups is 1. The number of ether oxygens (including phenoxy) is 3. The molecule has 5 aromatic rings. The topological polar surface area (TPSA) is 168 Å². The molecule has 5 aromatic heterocycles. The van der Waals surface area contributed by atoms with Crippen LogP contribution in [-0.2, 0) is 9.47 Å². The lowest BCUT2D eigenvalue weighted by Gasteiger charge is -2.16. The zero-order chi connectivity index (χ0) is 32.1. The van der Waals surface area contributed by atoms with Gasteiger partial charge in [-0.2, -0.15) is 19.0 Å². The molecule has 0 bridgehead atoms. The molecule has 14 nitrogen and oxygen atoms in total. The number of nitrogen functional groups attached to an aromatic ring is 1. The first kappa shape index (κ1) is 32.2. The van der Waals surface area contributed by atoms with Crippen LogP contribution >= 0.6 is 11.6 Å². The third kappa shape index (κ3) is 7.27. The van der Waals surface area contributed by atoms with Gasteiger partial charge in [0, 0.05) is 19.8 Å². The number of nitrogens with one attached hydrogen (secondary N) is 2. The first-order valence-corrected chi connectivity index (χ1v) is 13.5. The number of halogens is 3. The molecule has 0 saturated heterocycles. The molecule has 44 heavy (non-hydrogen) atoms. The Morgan fingerprint density at radius 3 is 2.07 bits per heavy atom. The number of hydrogen-bond donors (Lipinski definition) is 3. The Morgan fingerprint density at radius 1 is 0.932 bits per heavy atom. The van der Waals surface area contributed by atoms with Crippen molar-refractivity contribution >= 4 is 46.0 Å². The summed E-state index contributed by atoms with van der Waals surface area (Å²) in [6, 6.07) is 0.619. The monoisotopic (exact) mass is 632 g/mol. The molecule has 0 aliphatic rings. The lowest BCUT2D eigenvalue weighted by Crippen LogP contribution is -2.21. The van der Waals surface area contributed by atoms with Gasteiger partial charge in [0.25, 0.3) is 0 Å². The Balaban J connectivity index is 0.000000246. The van der Waals surface area contributed by atoms with Gasteiger partial charge < -0.3 is 30.6 Å². The van der Waals surface area contributed by atoms with Gasteiger partial charge in [-0.1, -0.05) is 11.6 Å². The van der Waals surface area contributed by atoms with Gasteiger partial charge in [0.2, 0.25) is 5.88 Å². The van der Waals surface area contributed by atoms with Crippen LogP contribution in [0.25, 0.3) is 11.3 Å². The van der Waals surface area contributed by atoms with Gasteiger partial charge >= 0.3 is 12.6 Å². The van der Waals surface area contributed by atoms with Gasteiger partial charge in [0.05, 0.1) is 77.2 Å². The van der Waals surface area contributed by atoms with Crippen molar-refractivity contribution in [1.29, 1.82) is 0 Å². The number of imidazole rings is 2. The number of anilines is 3. The number of carbonyl (C=O) groups is 1. The summed E-state index contributed by atoms with van der Waals surface area (Å²) in [6.07, 6.45) is 7.39. The minimum absolute atomic E-state index is 0.0858. The minimum Gasteiger partial charge on any atom is -0.415 e. The summed E-state index contributed by atoms with van der Waals surface area (Å²) in [5.41, 5.74) is 11.6. The molecule has 5 heterocycles. The zero-order valence-electron chi connectivity index (χ0n) is 24.7. The van der Waals surface area contributed by atoms with Crippen molar-refractivity contribution in [1.82, 2.24) is 34.2 Å². The highest BCUT2D eigenvalue weighted by Gasteiger charge is 2.20. The molecule has 0 aromatic carbocycles. The molecule has 0 aliphatic carbocycles. The average molecular weight is 633 g/mol. The van der Waals surface area contributed by atoms with Gasteiger partial charge in [-0.05, 0) is 33.8 Å². The van der Waals surface area contributed by atoms with E-state index in [2.05, 4.69) is 40.5 Å². The molecular weight excluding hydrogens is 602 g/mol. The molecule has 0 fully saturated rings. The van der Waals surface area contributed by atoms with Crippen molar-refractivity contribution in [3.63, 3.8) is 0 Å². The third-order valence-electron chi connectivity index (χ3n) is 6.37. The Hall–Kier alpha value is -4.67. The minimum atomic E-state index is -3.06. The van der Waals surface area contributed by atoms with E-state index >= 15 is 0 Å². The third-order valence-corrected chi connectivity index (χ3v) is 6.64. The molecule has 0 spiro atoms. The Kier molecular flexibility index (Phi) is 10.1. The van der Waals surface area contributed by atoms with Crippen LogP contribution in [0.1, 0.15) is 48.6 Å². The molecule has 2 atom stereocenters. The molecule has 5 rings (SSSR count). The number of carbonyl (C=O) groups excluding carboxylic acids is 1. The lowest BCUT2D eigenvalue weighted by atomic mass is 10.1. The summed E-state index contributed by atoms with van der Waals surface area (Å²) < 4.78 is 42.7. The summed E-state index contributed by atoms with van der Waals surface area (Å²) in [6.45, 7) is 4.45. The Bertz CT molecular complexity index is 1780. The SMILES string of the molecule is CO[C@@H](C)c1c(N)cnn2cc(C)nc12.CO[C@@H](C)c1c(NC(=O)Nc2cnc(OC(F)F)c(Cl)c2)cnn2cc(C)nc12. The summed E-state index contributed by atoms with van der Waals surface area (Å²) in [5.74, 6) is -0.437. The van der Waals surface area contributed by atoms with Crippen molar-refractivity contribution in [2.24, 2.45) is 0 Å². The molecule has 0 saturated carbocycles. The number of aromatic nitrogens is 7. The lowest BCUT2D eigenvalue weighted by molar-refractivity contribution is -0.0527. The number of rotatable bonds is 8. The average Bonchev–Trinajstić information content (AvgIpc) is 3.54. The van der Waals surface area contributed by atoms with Crippen LogP contribution in [0, 0.1) is 13.8 Å². The largest absolute Gasteiger partial charge is 0.415 e. The summed E-state index contributed by atoms with van der Waals surface area (Å²) in [4.78, 5) is 24.9. The summed E-state index contributed by atoms with van der Waals surface area (Å²) in [5, 5.41) is 13.4. The number of pyridine rings is 1. The van der Waals surface area contributed by atoms with Crippen LogP contribution in [0.2, 0.25) is 5.02 Å². The summed E-state index contributed by atoms with van der Waals surface area (Å²) in [7, 11) is 3.19. The van der Waals surface area contributed by atoms with Crippen LogP contribution in [-0.4, -0.2) is 61.0 Å². The van der Waals surface area contributed by atoms with Crippen LogP contribution < -0.4 is 21.1 Å². The highest BCUT2D eigenvalue weighted by Crippen LogP contribution is 2.30. The fourth-order valence-electron chi connectivity index (χ4n) is 4.25. The van der Waals surface area contributed by atoms with E-state index in [-0.39, 0.29) is 22.9 Å². The fraction of sp³-hybridized carbons (Fsp3) is 0.333. The Morgan fingerprint density at radius 2 is 1.50 bits per heavy atom. The fourth-order valence-corrected chi connectivity index (χ4v) is 4.46. The van der Waals surface area contributed by atoms with E-state index in [4.69, 9.17) is 26.8 Å². The highest BCUT2D eigenvalue weighted by molar-refractivity contribution is 6.32. The smallest absolute Gasteiger partial charge is 0.388 e. The summed E-state index contributed by atoms with van der Waals surface area (Å²) >= 11 is 5.84. The van der Waals surface area contributed by atoms with E-state index in [1.165, 1.54) is 19.4 Å². The number of nitrogens with zero attached hydrogens (tertiary/aromatic N) is 7. The molecule has 4 N–H and O–H groups in total. The predicted octanol–water partition coefficient (Wildman–Crippen LogP) is 5.37.